The highest BCUT2D eigenvalue weighted by Gasteiger charge is 2.43. The maximum absolute atomic E-state index is 14.8. The van der Waals surface area contributed by atoms with Crippen LogP contribution in [0.4, 0.5) is 8.78 Å². The Morgan fingerprint density at radius 2 is 1.94 bits per heavy atom. The Hall–Kier alpha value is -3.35. The number of aromatic nitrogens is 3. The Kier molecular flexibility index (Phi) is 6.67. The van der Waals surface area contributed by atoms with Crippen molar-refractivity contribution in [1.82, 2.24) is 19.7 Å². The van der Waals surface area contributed by atoms with Gasteiger partial charge in [-0.25, -0.2) is 18.4 Å². The quantitative estimate of drug-likeness (QED) is 0.591. The molecule has 9 heteroatoms. The molecule has 1 N–H and O–H groups in total. The summed E-state index contributed by atoms with van der Waals surface area (Å²) in [6.07, 6.45) is 4.23. The summed E-state index contributed by atoms with van der Waals surface area (Å²) in [5, 5.41) is 24.7. The number of ether oxygens (including phenoxy) is 1. The summed E-state index contributed by atoms with van der Waals surface area (Å²) in [6, 6.07) is 11.8. The third kappa shape index (κ3) is 5.02. The minimum Gasteiger partial charge on any atom is -0.490 e. The first-order valence-electron chi connectivity index (χ1n) is 10.8. The van der Waals surface area contributed by atoms with Crippen molar-refractivity contribution in [2.24, 2.45) is 0 Å². The van der Waals surface area contributed by atoms with Gasteiger partial charge in [0, 0.05) is 30.8 Å². The fourth-order valence-corrected chi connectivity index (χ4v) is 4.33. The largest absolute Gasteiger partial charge is 0.490 e. The summed E-state index contributed by atoms with van der Waals surface area (Å²) in [7, 11) is 0. The molecule has 1 saturated heterocycles. The van der Waals surface area contributed by atoms with E-state index in [9.17, 15) is 13.9 Å². The first kappa shape index (κ1) is 22.8. The number of hydrogen-bond acceptors (Lipinski definition) is 6. The first-order valence-corrected chi connectivity index (χ1v) is 10.8. The monoisotopic (exact) mass is 453 g/mol. The van der Waals surface area contributed by atoms with Crippen LogP contribution in [0.3, 0.4) is 0 Å². The van der Waals surface area contributed by atoms with Crippen LogP contribution in [0, 0.1) is 23.0 Å². The van der Waals surface area contributed by atoms with Crippen LogP contribution in [-0.2, 0) is 12.1 Å². The molecule has 3 aromatic rings. The van der Waals surface area contributed by atoms with Gasteiger partial charge in [0.2, 0.25) is 0 Å². The highest BCUT2D eigenvalue weighted by molar-refractivity contribution is 5.34. The zero-order valence-corrected chi connectivity index (χ0v) is 18.2. The van der Waals surface area contributed by atoms with Crippen molar-refractivity contribution in [3.8, 4) is 11.8 Å². The predicted molar refractivity (Wildman–Crippen MR) is 116 cm³/mol. The van der Waals surface area contributed by atoms with E-state index in [1.165, 1.54) is 23.4 Å². The highest BCUT2D eigenvalue weighted by Crippen LogP contribution is 2.34. The van der Waals surface area contributed by atoms with Gasteiger partial charge in [-0.05, 0) is 50.1 Å². The molecule has 1 aliphatic rings. The lowest BCUT2D eigenvalue weighted by atomic mass is 9.84. The molecule has 0 spiro atoms. The van der Waals surface area contributed by atoms with Gasteiger partial charge < -0.3 is 9.84 Å². The predicted octanol–water partition coefficient (Wildman–Crippen LogP) is 3.25. The molecule has 1 aromatic heterocycles. The van der Waals surface area contributed by atoms with E-state index in [0.29, 0.717) is 24.4 Å². The SMILES string of the molecule is C[C@@H](N1CCC(Oc2ccc(C#N)cc2)CC1)[C@](O)(Cn1cncn1)c1ccc(F)cc1F. The maximum atomic E-state index is 14.8. The third-order valence-corrected chi connectivity index (χ3v) is 6.27. The second kappa shape index (κ2) is 9.65. The van der Waals surface area contributed by atoms with Crippen molar-refractivity contribution >= 4 is 0 Å². The molecule has 1 fully saturated rings. The molecule has 0 aliphatic carbocycles. The normalized spacial score (nSPS) is 17.8. The lowest BCUT2D eigenvalue weighted by Crippen LogP contribution is -2.54. The number of hydrogen-bond donors (Lipinski definition) is 1. The molecule has 2 atom stereocenters. The van der Waals surface area contributed by atoms with Crippen molar-refractivity contribution in [3.63, 3.8) is 0 Å². The minimum atomic E-state index is -1.66. The summed E-state index contributed by atoms with van der Waals surface area (Å²) in [5.74, 6) is -0.798. The van der Waals surface area contributed by atoms with Gasteiger partial charge in [0.05, 0.1) is 18.2 Å². The molecule has 2 aromatic carbocycles. The summed E-state index contributed by atoms with van der Waals surface area (Å²) >= 11 is 0. The number of rotatable bonds is 7. The van der Waals surface area contributed by atoms with Crippen LogP contribution in [0.2, 0.25) is 0 Å². The van der Waals surface area contributed by atoms with Crippen LogP contribution >= 0.6 is 0 Å². The number of likely N-dealkylation sites (tertiary alicyclic amines) is 1. The fraction of sp³-hybridized carbons (Fsp3) is 0.375. The standard InChI is InChI=1S/C24H25F2N5O2/c1-17(30-10-8-21(9-11-30)33-20-5-2-18(13-27)3-6-20)24(32,14-31-16-28-15-29-31)22-7-4-19(25)12-23(22)26/h2-7,12,15-17,21,32H,8-11,14H2,1H3/t17-,24-/m1/s1. The van der Waals surface area contributed by atoms with Crippen LogP contribution in [0.15, 0.2) is 55.1 Å². The molecular formula is C24H25F2N5O2. The summed E-state index contributed by atoms with van der Waals surface area (Å²) in [4.78, 5) is 5.99. The second-order valence-corrected chi connectivity index (χ2v) is 8.31. The summed E-state index contributed by atoms with van der Waals surface area (Å²) < 4.78 is 35.8. The van der Waals surface area contributed by atoms with E-state index in [4.69, 9.17) is 10.00 Å². The van der Waals surface area contributed by atoms with Gasteiger partial charge in [-0.1, -0.05) is 6.07 Å². The summed E-state index contributed by atoms with van der Waals surface area (Å²) in [6.45, 7) is 3.06. The van der Waals surface area contributed by atoms with E-state index in [-0.39, 0.29) is 18.2 Å². The molecule has 7 nitrogen and oxygen atoms in total. The number of piperidine rings is 1. The molecule has 172 valence electrons. The van der Waals surface area contributed by atoms with Gasteiger partial charge in [0.1, 0.15) is 41.7 Å². The number of halogens is 2. The van der Waals surface area contributed by atoms with Crippen LogP contribution in [0.1, 0.15) is 30.9 Å². The van der Waals surface area contributed by atoms with E-state index < -0.39 is 23.3 Å². The Labute approximate surface area is 190 Å². The zero-order valence-electron chi connectivity index (χ0n) is 18.2. The van der Waals surface area contributed by atoms with Crippen molar-refractivity contribution in [3.05, 3.63) is 77.9 Å². The van der Waals surface area contributed by atoms with Gasteiger partial charge in [-0.15, -0.1) is 0 Å². The maximum Gasteiger partial charge on any atom is 0.137 e. The van der Waals surface area contributed by atoms with Crippen molar-refractivity contribution < 1.29 is 18.6 Å². The third-order valence-electron chi connectivity index (χ3n) is 6.27. The summed E-state index contributed by atoms with van der Waals surface area (Å²) in [5.41, 5.74) is -1.07. The van der Waals surface area contributed by atoms with E-state index >= 15 is 0 Å². The topological polar surface area (TPSA) is 87.2 Å². The average molecular weight is 453 g/mol. The number of benzene rings is 2. The second-order valence-electron chi connectivity index (χ2n) is 8.31. The van der Waals surface area contributed by atoms with Crippen molar-refractivity contribution in [1.29, 1.82) is 5.26 Å². The molecule has 0 saturated carbocycles. The van der Waals surface area contributed by atoms with Crippen LogP contribution in [0.25, 0.3) is 0 Å². The minimum absolute atomic E-state index is 0.00708. The lowest BCUT2D eigenvalue weighted by Gasteiger charge is -2.44. The van der Waals surface area contributed by atoms with Gasteiger partial charge in [0.15, 0.2) is 0 Å². The molecule has 0 radical (unpaired) electrons. The molecule has 0 amide bonds. The number of aliphatic hydroxyl groups is 1. The Morgan fingerprint density at radius 3 is 2.55 bits per heavy atom. The van der Waals surface area contributed by atoms with Crippen LogP contribution in [0.5, 0.6) is 5.75 Å². The molecule has 0 bridgehead atoms. The van der Waals surface area contributed by atoms with Crippen molar-refractivity contribution in [2.75, 3.05) is 13.1 Å². The Balaban J connectivity index is 1.48. The highest BCUT2D eigenvalue weighted by atomic mass is 19.1. The van der Waals surface area contributed by atoms with Gasteiger partial charge in [-0.2, -0.15) is 10.4 Å². The van der Waals surface area contributed by atoms with Crippen LogP contribution < -0.4 is 4.74 Å². The van der Waals surface area contributed by atoms with Crippen LogP contribution in [-0.4, -0.2) is 50.0 Å². The molecule has 4 rings (SSSR count). The molecular weight excluding hydrogens is 428 g/mol. The van der Waals surface area contributed by atoms with E-state index in [1.54, 1.807) is 24.3 Å². The molecule has 1 aliphatic heterocycles. The zero-order chi connectivity index (χ0) is 23.4. The molecule has 2 heterocycles. The van der Waals surface area contributed by atoms with Gasteiger partial charge in [0.25, 0.3) is 0 Å². The molecule has 0 unspecified atom stereocenters. The van der Waals surface area contributed by atoms with Gasteiger partial charge >= 0.3 is 0 Å². The number of nitriles is 1. The number of nitrogens with zero attached hydrogens (tertiary/aromatic N) is 5. The van der Waals surface area contributed by atoms with E-state index in [1.807, 2.05) is 6.92 Å². The Morgan fingerprint density at radius 1 is 1.21 bits per heavy atom. The average Bonchev–Trinajstić information content (AvgIpc) is 3.32. The lowest BCUT2D eigenvalue weighted by molar-refractivity contribution is -0.0747. The van der Waals surface area contributed by atoms with E-state index in [2.05, 4.69) is 21.1 Å². The smallest absolute Gasteiger partial charge is 0.137 e. The Bertz CT molecular complexity index is 1110. The molecule has 33 heavy (non-hydrogen) atoms. The fourth-order valence-electron chi connectivity index (χ4n) is 4.33. The van der Waals surface area contributed by atoms with E-state index in [0.717, 1.165) is 25.0 Å². The van der Waals surface area contributed by atoms with Gasteiger partial charge in [-0.3, -0.25) is 4.90 Å². The van der Waals surface area contributed by atoms with Crippen molar-refractivity contribution in [2.45, 2.75) is 44.1 Å². The first-order chi connectivity index (χ1) is 15.9.